The van der Waals surface area contributed by atoms with Gasteiger partial charge < -0.3 is 10.5 Å². The van der Waals surface area contributed by atoms with Gasteiger partial charge in [-0.2, -0.15) is 5.26 Å². The summed E-state index contributed by atoms with van der Waals surface area (Å²) in [5.41, 5.74) is 5.85. The number of ether oxygens (including phenoxy) is 1. The third kappa shape index (κ3) is 2.50. The molecular weight excluding hydrogens is 257 g/mol. The highest BCUT2D eigenvalue weighted by Crippen LogP contribution is 2.29. The lowest BCUT2D eigenvalue weighted by Gasteiger charge is -2.07. The van der Waals surface area contributed by atoms with Gasteiger partial charge in [0.2, 0.25) is 5.88 Å². The second-order valence-corrected chi connectivity index (χ2v) is 3.78. The van der Waals surface area contributed by atoms with Gasteiger partial charge >= 0.3 is 0 Å². The molecule has 0 aliphatic rings. The highest BCUT2D eigenvalue weighted by molar-refractivity contribution is 6.32. The summed E-state index contributed by atoms with van der Waals surface area (Å²) in [6.45, 7) is 0. The quantitative estimate of drug-likeness (QED) is 0.903. The number of rotatable bonds is 2. The number of benzene rings is 1. The van der Waals surface area contributed by atoms with E-state index in [-0.39, 0.29) is 28.0 Å². The number of aromatic nitrogens is 1. The summed E-state index contributed by atoms with van der Waals surface area (Å²) in [7, 11) is 0. The average molecular weight is 264 g/mol. The van der Waals surface area contributed by atoms with Crippen LogP contribution in [-0.4, -0.2) is 4.98 Å². The highest BCUT2D eigenvalue weighted by Gasteiger charge is 2.07. The van der Waals surface area contributed by atoms with Gasteiger partial charge in [0.1, 0.15) is 17.6 Å². The molecule has 0 spiro atoms. The van der Waals surface area contributed by atoms with Crippen molar-refractivity contribution in [3.05, 3.63) is 46.9 Å². The summed E-state index contributed by atoms with van der Waals surface area (Å²) in [4.78, 5) is 3.89. The maximum absolute atomic E-state index is 12.8. The molecule has 1 heterocycles. The Kier molecular flexibility index (Phi) is 3.31. The van der Waals surface area contributed by atoms with Crippen LogP contribution in [0.2, 0.25) is 5.02 Å². The van der Waals surface area contributed by atoms with Gasteiger partial charge in [-0.15, -0.1) is 0 Å². The largest absolute Gasteiger partial charge is 0.437 e. The third-order valence-corrected chi connectivity index (χ3v) is 2.41. The first-order valence-corrected chi connectivity index (χ1v) is 5.27. The van der Waals surface area contributed by atoms with Gasteiger partial charge in [0.15, 0.2) is 5.69 Å². The van der Waals surface area contributed by atoms with E-state index in [1.54, 1.807) is 0 Å². The van der Waals surface area contributed by atoms with Crippen molar-refractivity contribution in [1.29, 1.82) is 5.26 Å². The molecule has 0 saturated carbocycles. The molecule has 18 heavy (non-hydrogen) atoms. The predicted molar refractivity (Wildman–Crippen MR) is 64.8 cm³/mol. The number of nitrogens with zero attached hydrogens (tertiary/aromatic N) is 2. The van der Waals surface area contributed by atoms with Gasteiger partial charge in [-0.1, -0.05) is 11.6 Å². The molecule has 0 saturated heterocycles. The zero-order chi connectivity index (χ0) is 13.1. The molecule has 2 aromatic rings. The smallest absolute Gasteiger partial charge is 0.220 e. The molecule has 0 aliphatic carbocycles. The molecule has 2 N–H and O–H groups in total. The molecule has 0 bridgehead atoms. The van der Waals surface area contributed by atoms with Crippen LogP contribution in [0.1, 0.15) is 5.69 Å². The first-order chi connectivity index (χ1) is 8.60. The van der Waals surface area contributed by atoms with Crippen molar-refractivity contribution in [3.8, 4) is 17.7 Å². The highest BCUT2D eigenvalue weighted by atomic mass is 35.5. The monoisotopic (exact) mass is 263 g/mol. The zero-order valence-corrected chi connectivity index (χ0v) is 9.78. The number of hydrogen-bond acceptors (Lipinski definition) is 4. The third-order valence-electron chi connectivity index (χ3n) is 2.12. The molecule has 6 heteroatoms. The fourth-order valence-corrected chi connectivity index (χ4v) is 1.47. The predicted octanol–water partition coefficient (Wildman–Crippen LogP) is 3.12. The Morgan fingerprint density at radius 3 is 2.78 bits per heavy atom. The Bertz CT molecular complexity index is 640. The van der Waals surface area contributed by atoms with Crippen LogP contribution in [0.25, 0.3) is 0 Å². The molecular formula is C12H7ClFN3O. The Labute approximate surface area is 107 Å². The van der Waals surface area contributed by atoms with Gasteiger partial charge in [0.25, 0.3) is 0 Å². The van der Waals surface area contributed by atoms with Crippen LogP contribution < -0.4 is 10.5 Å². The van der Waals surface area contributed by atoms with Crippen molar-refractivity contribution >= 4 is 17.3 Å². The number of nitrogen functional groups attached to an aromatic ring is 1. The van der Waals surface area contributed by atoms with E-state index in [1.165, 1.54) is 24.3 Å². The van der Waals surface area contributed by atoms with Crippen molar-refractivity contribution in [2.75, 3.05) is 5.73 Å². The van der Waals surface area contributed by atoms with E-state index in [4.69, 9.17) is 27.3 Å². The average Bonchev–Trinajstić information content (AvgIpc) is 2.35. The van der Waals surface area contributed by atoms with Gasteiger partial charge in [0.05, 0.1) is 10.7 Å². The fourth-order valence-electron chi connectivity index (χ4n) is 1.27. The van der Waals surface area contributed by atoms with Crippen LogP contribution in [0.15, 0.2) is 30.3 Å². The van der Waals surface area contributed by atoms with Crippen molar-refractivity contribution in [2.24, 2.45) is 0 Å². The summed E-state index contributed by atoms with van der Waals surface area (Å²) in [6.07, 6.45) is 0. The van der Waals surface area contributed by atoms with E-state index >= 15 is 0 Å². The number of anilines is 1. The summed E-state index contributed by atoms with van der Waals surface area (Å²) in [5, 5.41) is 8.89. The lowest BCUT2D eigenvalue weighted by Crippen LogP contribution is -1.96. The molecule has 90 valence electrons. The number of nitrogens with two attached hydrogens (primary N) is 1. The van der Waals surface area contributed by atoms with E-state index in [2.05, 4.69) is 4.98 Å². The van der Waals surface area contributed by atoms with E-state index in [0.717, 1.165) is 6.07 Å². The molecule has 4 nitrogen and oxygen atoms in total. The van der Waals surface area contributed by atoms with Crippen molar-refractivity contribution in [1.82, 2.24) is 4.98 Å². The first-order valence-electron chi connectivity index (χ1n) is 4.89. The topological polar surface area (TPSA) is 71.9 Å². The van der Waals surface area contributed by atoms with Crippen molar-refractivity contribution in [2.45, 2.75) is 0 Å². The Morgan fingerprint density at radius 2 is 2.11 bits per heavy atom. The molecule has 1 aromatic heterocycles. The van der Waals surface area contributed by atoms with Gasteiger partial charge in [-0.25, -0.2) is 9.37 Å². The van der Waals surface area contributed by atoms with Gasteiger partial charge in [-0.05, 0) is 24.3 Å². The SMILES string of the molecule is N#Cc1nc(Oc2ccc(F)cc2Cl)ccc1N. The number of hydrogen-bond donors (Lipinski definition) is 1. The van der Waals surface area contributed by atoms with Gasteiger partial charge in [-0.3, -0.25) is 0 Å². The lowest BCUT2D eigenvalue weighted by molar-refractivity contribution is 0.461. The normalized spacial score (nSPS) is 9.83. The van der Waals surface area contributed by atoms with Crippen LogP contribution >= 0.6 is 11.6 Å². The molecule has 0 amide bonds. The minimum Gasteiger partial charge on any atom is -0.437 e. The molecule has 0 atom stereocenters. The van der Waals surface area contributed by atoms with Crippen LogP contribution in [0.4, 0.5) is 10.1 Å². The lowest BCUT2D eigenvalue weighted by atomic mass is 10.3. The zero-order valence-electron chi connectivity index (χ0n) is 9.02. The Morgan fingerprint density at radius 1 is 1.33 bits per heavy atom. The number of halogens is 2. The molecule has 1 aromatic carbocycles. The summed E-state index contributed by atoms with van der Waals surface area (Å²) in [6, 6.07) is 8.54. The maximum atomic E-state index is 12.8. The number of pyridine rings is 1. The van der Waals surface area contributed by atoms with Crippen molar-refractivity contribution < 1.29 is 9.13 Å². The van der Waals surface area contributed by atoms with Crippen LogP contribution in [0, 0.1) is 17.1 Å². The second kappa shape index (κ2) is 4.90. The molecule has 0 aliphatic heterocycles. The minimum absolute atomic E-state index is 0.0609. The van der Waals surface area contributed by atoms with E-state index in [9.17, 15) is 4.39 Å². The van der Waals surface area contributed by atoms with Crippen molar-refractivity contribution in [3.63, 3.8) is 0 Å². The minimum atomic E-state index is -0.463. The van der Waals surface area contributed by atoms with E-state index < -0.39 is 5.82 Å². The standard InChI is InChI=1S/C12H7ClFN3O/c13-8-5-7(14)1-3-11(8)18-12-4-2-9(16)10(6-15)17-12/h1-5H,16H2. The fraction of sp³-hybridized carbons (Fsp3) is 0. The number of nitriles is 1. The Hall–Kier alpha value is -2.32. The molecule has 0 radical (unpaired) electrons. The van der Waals surface area contributed by atoms with E-state index in [1.807, 2.05) is 6.07 Å². The second-order valence-electron chi connectivity index (χ2n) is 3.38. The van der Waals surface area contributed by atoms with Crippen LogP contribution in [0.5, 0.6) is 11.6 Å². The Balaban J connectivity index is 2.32. The van der Waals surface area contributed by atoms with Crippen LogP contribution in [-0.2, 0) is 0 Å². The van der Waals surface area contributed by atoms with E-state index in [0.29, 0.717) is 0 Å². The van der Waals surface area contributed by atoms with Gasteiger partial charge in [0, 0.05) is 6.07 Å². The van der Waals surface area contributed by atoms with Crippen LogP contribution in [0.3, 0.4) is 0 Å². The molecule has 2 rings (SSSR count). The summed E-state index contributed by atoms with van der Waals surface area (Å²) < 4.78 is 18.2. The molecule has 0 unspecified atom stereocenters. The first kappa shape index (κ1) is 12.1. The maximum Gasteiger partial charge on any atom is 0.220 e. The summed E-state index contributed by atoms with van der Waals surface area (Å²) >= 11 is 5.80. The summed E-state index contributed by atoms with van der Waals surface area (Å²) in [5.74, 6) is -0.0520. The molecule has 0 fully saturated rings.